The minimum Gasteiger partial charge on any atom is -0.311 e. The molecule has 4 aromatic rings. The second-order valence-corrected chi connectivity index (χ2v) is 8.97. The van der Waals surface area contributed by atoms with Crippen LogP contribution in [0.5, 0.6) is 0 Å². The van der Waals surface area contributed by atoms with Crippen molar-refractivity contribution in [1.29, 1.82) is 0 Å². The number of imidazole rings is 1. The average molecular weight is 452 g/mol. The standard InChI is InChI=1S/C22H22BrN5O/c1-22(2,3)19-12-20(27-26-19)25-21(29)10-14-4-7-16(8-5-14)28-13-24-17-11-15(23)6-9-18(17)28/h4-9,11-13H,10H2,1-3H3,(H2,25,26,27,29). The number of benzene rings is 2. The van der Waals surface area contributed by atoms with E-state index >= 15 is 0 Å². The highest BCUT2D eigenvalue weighted by Crippen LogP contribution is 2.23. The molecule has 0 saturated heterocycles. The lowest BCUT2D eigenvalue weighted by molar-refractivity contribution is -0.115. The molecule has 2 aromatic carbocycles. The van der Waals surface area contributed by atoms with Crippen LogP contribution in [-0.2, 0) is 16.6 Å². The maximum absolute atomic E-state index is 12.4. The van der Waals surface area contributed by atoms with Crippen LogP contribution in [-0.4, -0.2) is 25.7 Å². The van der Waals surface area contributed by atoms with Gasteiger partial charge in [0, 0.05) is 21.6 Å². The molecule has 7 heteroatoms. The third-order valence-corrected chi connectivity index (χ3v) is 5.20. The van der Waals surface area contributed by atoms with Crippen molar-refractivity contribution in [3.63, 3.8) is 0 Å². The molecule has 0 aliphatic heterocycles. The van der Waals surface area contributed by atoms with Crippen molar-refractivity contribution in [3.05, 3.63) is 70.6 Å². The van der Waals surface area contributed by atoms with Crippen LogP contribution in [0.1, 0.15) is 32.0 Å². The number of hydrogen-bond donors (Lipinski definition) is 2. The van der Waals surface area contributed by atoms with E-state index in [9.17, 15) is 4.79 Å². The Kier molecular flexibility index (Phi) is 5.00. The van der Waals surface area contributed by atoms with Gasteiger partial charge in [-0.05, 0) is 35.9 Å². The number of anilines is 1. The second-order valence-electron chi connectivity index (χ2n) is 8.06. The van der Waals surface area contributed by atoms with Gasteiger partial charge in [-0.15, -0.1) is 0 Å². The fourth-order valence-electron chi connectivity index (χ4n) is 3.12. The van der Waals surface area contributed by atoms with E-state index in [1.165, 1.54) is 0 Å². The van der Waals surface area contributed by atoms with Gasteiger partial charge in [0.25, 0.3) is 0 Å². The molecular weight excluding hydrogens is 430 g/mol. The molecule has 0 radical (unpaired) electrons. The Morgan fingerprint density at radius 1 is 1.14 bits per heavy atom. The monoisotopic (exact) mass is 451 g/mol. The van der Waals surface area contributed by atoms with Crippen LogP contribution >= 0.6 is 15.9 Å². The fourth-order valence-corrected chi connectivity index (χ4v) is 3.46. The third-order valence-electron chi connectivity index (χ3n) is 4.71. The molecule has 4 rings (SSSR count). The molecule has 0 saturated carbocycles. The maximum atomic E-state index is 12.4. The van der Waals surface area contributed by atoms with Gasteiger partial charge in [0.15, 0.2) is 0 Å². The zero-order valence-corrected chi connectivity index (χ0v) is 18.1. The summed E-state index contributed by atoms with van der Waals surface area (Å²) in [7, 11) is 0. The Morgan fingerprint density at radius 3 is 2.59 bits per heavy atom. The molecule has 0 fully saturated rings. The van der Waals surface area contributed by atoms with Gasteiger partial charge < -0.3 is 5.32 Å². The van der Waals surface area contributed by atoms with Crippen LogP contribution < -0.4 is 5.32 Å². The van der Waals surface area contributed by atoms with E-state index < -0.39 is 0 Å². The molecule has 0 spiro atoms. The van der Waals surface area contributed by atoms with E-state index in [4.69, 9.17) is 0 Å². The summed E-state index contributed by atoms with van der Waals surface area (Å²) in [5.41, 5.74) is 4.75. The molecule has 2 aromatic heterocycles. The van der Waals surface area contributed by atoms with Crippen molar-refractivity contribution in [2.45, 2.75) is 32.6 Å². The summed E-state index contributed by atoms with van der Waals surface area (Å²) < 4.78 is 3.04. The lowest BCUT2D eigenvalue weighted by atomic mass is 9.92. The van der Waals surface area contributed by atoms with Crippen molar-refractivity contribution in [2.75, 3.05) is 5.32 Å². The molecule has 0 aliphatic carbocycles. The van der Waals surface area contributed by atoms with Gasteiger partial charge in [-0.3, -0.25) is 14.5 Å². The quantitative estimate of drug-likeness (QED) is 0.458. The first-order valence-corrected chi connectivity index (χ1v) is 10.2. The Labute approximate surface area is 177 Å². The minimum atomic E-state index is -0.0835. The summed E-state index contributed by atoms with van der Waals surface area (Å²) in [5, 5.41) is 10.0. The summed E-state index contributed by atoms with van der Waals surface area (Å²) >= 11 is 3.47. The van der Waals surface area contributed by atoms with Crippen molar-refractivity contribution < 1.29 is 4.79 Å². The predicted octanol–water partition coefficient (Wildman–Crippen LogP) is 4.99. The molecule has 0 bridgehead atoms. The number of rotatable bonds is 4. The molecule has 6 nitrogen and oxygen atoms in total. The van der Waals surface area contributed by atoms with Crippen molar-refractivity contribution in [1.82, 2.24) is 19.7 Å². The van der Waals surface area contributed by atoms with Crippen LogP contribution in [0.25, 0.3) is 16.7 Å². The van der Waals surface area contributed by atoms with Crippen molar-refractivity contribution in [3.8, 4) is 5.69 Å². The molecule has 2 N–H and O–H groups in total. The number of fused-ring (bicyclic) bond motifs is 1. The number of nitrogens with zero attached hydrogens (tertiary/aromatic N) is 3. The number of carbonyl (C=O) groups is 1. The van der Waals surface area contributed by atoms with E-state index in [1.807, 2.05) is 59.4 Å². The second kappa shape index (κ2) is 7.48. The number of amides is 1. The molecule has 0 aliphatic rings. The summed E-state index contributed by atoms with van der Waals surface area (Å²) in [6.07, 6.45) is 2.10. The molecule has 29 heavy (non-hydrogen) atoms. The van der Waals surface area contributed by atoms with Gasteiger partial charge in [0.1, 0.15) is 12.1 Å². The normalized spacial score (nSPS) is 11.7. The fraction of sp³-hybridized carbons (Fsp3) is 0.227. The highest BCUT2D eigenvalue weighted by molar-refractivity contribution is 9.10. The summed E-state index contributed by atoms with van der Waals surface area (Å²) in [4.78, 5) is 16.8. The van der Waals surface area contributed by atoms with Gasteiger partial charge >= 0.3 is 0 Å². The summed E-state index contributed by atoms with van der Waals surface area (Å²) in [5.74, 6) is 0.535. The highest BCUT2D eigenvalue weighted by atomic mass is 79.9. The zero-order chi connectivity index (χ0) is 20.6. The number of hydrogen-bond acceptors (Lipinski definition) is 3. The summed E-state index contributed by atoms with van der Waals surface area (Å²) in [6, 6.07) is 15.8. The van der Waals surface area contributed by atoms with E-state index in [0.29, 0.717) is 12.2 Å². The third kappa shape index (κ3) is 4.24. The van der Waals surface area contributed by atoms with Crippen molar-refractivity contribution >= 4 is 38.7 Å². The number of aromatic amines is 1. The Bertz CT molecular complexity index is 1170. The first-order valence-electron chi connectivity index (χ1n) is 9.37. The lowest BCUT2D eigenvalue weighted by Gasteiger charge is -2.13. The molecule has 2 heterocycles. The van der Waals surface area contributed by atoms with E-state index in [2.05, 4.69) is 57.2 Å². The predicted molar refractivity (Wildman–Crippen MR) is 118 cm³/mol. The van der Waals surface area contributed by atoms with Gasteiger partial charge in [-0.1, -0.05) is 48.8 Å². The van der Waals surface area contributed by atoms with Gasteiger partial charge in [-0.2, -0.15) is 5.10 Å². The van der Waals surface area contributed by atoms with Gasteiger partial charge in [-0.25, -0.2) is 4.98 Å². The number of halogens is 1. The maximum Gasteiger partial charge on any atom is 0.229 e. The van der Waals surface area contributed by atoms with Crippen LogP contribution in [0.15, 0.2) is 59.3 Å². The molecule has 0 unspecified atom stereocenters. The van der Waals surface area contributed by atoms with Crippen LogP contribution in [0, 0.1) is 0 Å². The van der Waals surface area contributed by atoms with E-state index in [1.54, 1.807) is 0 Å². The SMILES string of the molecule is CC(C)(C)c1cc(NC(=O)Cc2ccc(-n3cnc4cc(Br)ccc43)cc2)[nH]n1. The van der Waals surface area contributed by atoms with E-state index in [-0.39, 0.29) is 11.3 Å². The van der Waals surface area contributed by atoms with Crippen molar-refractivity contribution in [2.24, 2.45) is 0 Å². The first-order chi connectivity index (χ1) is 13.8. The first kappa shape index (κ1) is 19.4. The van der Waals surface area contributed by atoms with E-state index in [0.717, 1.165) is 32.5 Å². The lowest BCUT2D eigenvalue weighted by Crippen LogP contribution is -2.14. The van der Waals surface area contributed by atoms with Crippen LogP contribution in [0.4, 0.5) is 5.82 Å². The molecule has 148 valence electrons. The Hall–Kier alpha value is -2.93. The topological polar surface area (TPSA) is 75.6 Å². The van der Waals surface area contributed by atoms with Crippen LogP contribution in [0.3, 0.4) is 0 Å². The number of nitrogens with one attached hydrogen (secondary N) is 2. The number of H-pyrrole nitrogens is 1. The van der Waals surface area contributed by atoms with Gasteiger partial charge in [0.2, 0.25) is 5.91 Å². The number of carbonyl (C=O) groups excluding carboxylic acids is 1. The molecular formula is C22H22BrN5O. The average Bonchev–Trinajstić information content (AvgIpc) is 3.29. The Balaban J connectivity index is 1.45. The largest absolute Gasteiger partial charge is 0.311 e. The summed E-state index contributed by atoms with van der Waals surface area (Å²) in [6.45, 7) is 6.25. The van der Waals surface area contributed by atoms with Gasteiger partial charge in [0.05, 0.1) is 23.1 Å². The van der Waals surface area contributed by atoms with Crippen LogP contribution in [0.2, 0.25) is 0 Å². The zero-order valence-electron chi connectivity index (χ0n) is 16.5. The smallest absolute Gasteiger partial charge is 0.229 e. The number of aromatic nitrogens is 4. The highest BCUT2D eigenvalue weighted by Gasteiger charge is 2.18. The Morgan fingerprint density at radius 2 is 1.90 bits per heavy atom. The molecule has 0 atom stereocenters. The minimum absolute atomic E-state index is 0.0666. The molecule has 1 amide bonds.